The number of anilines is 1. The third-order valence-corrected chi connectivity index (χ3v) is 3.81. The van der Waals surface area contributed by atoms with Crippen molar-refractivity contribution < 1.29 is 13.9 Å². The molecule has 8 heteroatoms. The summed E-state index contributed by atoms with van der Waals surface area (Å²) in [5.74, 6) is 0.975. The number of para-hydroxylation sites is 2. The number of carbonyl (C=O) groups excluding carboxylic acids is 1. The SMILES string of the molecule is CCN(CC)CCOc1ccccc1NC(=O)c1coc(CN)c1.Cl.Cl. The van der Waals surface area contributed by atoms with E-state index in [4.69, 9.17) is 14.9 Å². The van der Waals surface area contributed by atoms with Crippen LogP contribution in [0.4, 0.5) is 5.69 Å². The van der Waals surface area contributed by atoms with E-state index in [2.05, 4.69) is 24.1 Å². The van der Waals surface area contributed by atoms with Crippen LogP contribution in [0.15, 0.2) is 41.0 Å². The number of hydrogen-bond acceptors (Lipinski definition) is 5. The van der Waals surface area contributed by atoms with Gasteiger partial charge in [0.15, 0.2) is 0 Å². The summed E-state index contributed by atoms with van der Waals surface area (Å²) in [7, 11) is 0. The van der Waals surface area contributed by atoms with Crippen LogP contribution in [0, 0.1) is 0 Å². The molecule has 0 bridgehead atoms. The fraction of sp³-hybridized carbons (Fsp3) is 0.389. The van der Waals surface area contributed by atoms with E-state index in [9.17, 15) is 4.79 Å². The van der Waals surface area contributed by atoms with Gasteiger partial charge in [0.05, 0.1) is 17.8 Å². The van der Waals surface area contributed by atoms with Gasteiger partial charge in [-0.05, 0) is 31.3 Å². The minimum Gasteiger partial charge on any atom is -0.490 e. The quantitative estimate of drug-likeness (QED) is 0.668. The molecule has 1 amide bonds. The molecule has 0 saturated heterocycles. The Labute approximate surface area is 166 Å². The molecule has 0 saturated carbocycles. The lowest BCUT2D eigenvalue weighted by atomic mass is 10.2. The third-order valence-electron chi connectivity index (χ3n) is 3.81. The highest BCUT2D eigenvalue weighted by Crippen LogP contribution is 2.24. The number of hydrogen-bond donors (Lipinski definition) is 2. The van der Waals surface area contributed by atoms with Crippen LogP contribution in [-0.4, -0.2) is 37.0 Å². The lowest BCUT2D eigenvalue weighted by molar-refractivity contribution is 0.102. The molecule has 1 aromatic heterocycles. The maximum atomic E-state index is 12.3. The molecular formula is C18H27Cl2N3O3. The summed E-state index contributed by atoms with van der Waals surface area (Å²) in [6.07, 6.45) is 1.40. The molecule has 3 N–H and O–H groups in total. The summed E-state index contributed by atoms with van der Waals surface area (Å²) in [4.78, 5) is 14.6. The second-order valence-corrected chi connectivity index (χ2v) is 5.33. The Kier molecular flexibility index (Phi) is 11.8. The van der Waals surface area contributed by atoms with E-state index in [1.165, 1.54) is 6.26 Å². The number of nitrogens with zero attached hydrogens (tertiary/aromatic N) is 1. The van der Waals surface area contributed by atoms with Gasteiger partial charge in [-0.15, -0.1) is 24.8 Å². The van der Waals surface area contributed by atoms with Crippen LogP contribution >= 0.6 is 24.8 Å². The molecule has 1 aromatic carbocycles. The van der Waals surface area contributed by atoms with Crippen LogP contribution in [0.5, 0.6) is 5.75 Å². The van der Waals surface area contributed by atoms with Gasteiger partial charge in [-0.2, -0.15) is 0 Å². The summed E-state index contributed by atoms with van der Waals surface area (Å²) in [6.45, 7) is 7.90. The number of rotatable bonds is 9. The fourth-order valence-corrected chi connectivity index (χ4v) is 2.32. The zero-order valence-corrected chi connectivity index (χ0v) is 16.7. The number of nitrogens with one attached hydrogen (secondary N) is 1. The average Bonchev–Trinajstić information content (AvgIpc) is 3.09. The van der Waals surface area contributed by atoms with E-state index in [-0.39, 0.29) is 37.3 Å². The van der Waals surface area contributed by atoms with Gasteiger partial charge < -0.3 is 25.1 Å². The number of halogens is 2. The van der Waals surface area contributed by atoms with E-state index in [0.29, 0.717) is 29.4 Å². The average molecular weight is 404 g/mol. The minimum atomic E-state index is -0.252. The molecule has 0 aliphatic rings. The monoisotopic (exact) mass is 403 g/mol. The summed E-state index contributed by atoms with van der Waals surface area (Å²) in [6, 6.07) is 9.03. The van der Waals surface area contributed by atoms with Crippen molar-refractivity contribution in [2.75, 3.05) is 31.6 Å². The number of likely N-dealkylation sites (N-methyl/N-ethyl adjacent to an activating group) is 1. The Hall–Kier alpha value is -1.73. The van der Waals surface area contributed by atoms with E-state index < -0.39 is 0 Å². The van der Waals surface area contributed by atoms with Gasteiger partial charge in [-0.25, -0.2) is 0 Å². The van der Waals surface area contributed by atoms with Crippen molar-refractivity contribution >= 4 is 36.4 Å². The van der Waals surface area contributed by atoms with Crippen LogP contribution < -0.4 is 15.8 Å². The van der Waals surface area contributed by atoms with Crippen molar-refractivity contribution in [3.63, 3.8) is 0 Å². The molecule has 1 heterocycles. The second-order valence-electron chi connectivity index (χ2n) is 5.33. The smallest absolute Gasteiger partial charge is 0.259 e. The highest BCUT2D eigenvalue weighted by atomic mass is 35.5. The first-order valence-electron chi connectivity index (χ1n) is 8.20. The lowest BCUT2D eigenvalue weighted by Gasteiger charge is -2.19. The Morgan fingerprint density at radius 3 is 2.54 bits per heavy atom. The molecule has 6 nitrogen and oxygen atoms in total. The van der Waals surface area contributed by atoms with Crippen molar-refractivity contribution in [3.8, 4) is 5.75 Å². The molecule has 2 rings (SSSR count). The van der Waals surface area contributed by atoms with E-state index >= 15 is 0 Å². The zero-order chi connectivity index (χ0) is 17.4. The maximum Gasteiger partial charge on any atom is 0.259 e. The molecule has 26 heavy (non-hydrogen) atoms. The summed E-state index contributed by atoms with van der Waals surface area (Å²) >= 11 is 0. The molecule has 0 aliphatic heterocycles. The van der Waals surface area contributed by atoms with Crippen molar-refractivity contribution in [2.24, 2.45) is 5.73 Å². The number of amides is 1. The van der Waals surface area contributed by atoms with E-state index in [1.807, 2.05) is 24.3 Å². The van der Waals surface area contributed by atoms with Crippen LogP contribution in [0.2, 0.25) is 0 Å². The predicted octanol–water partition coefficient (Wildman–Crippen LogP) is 3.55. The van der Waals surface area contributed by atoms with Gasteiger partial charge in [-0.1, -0.05) is 26.0 Å². The summed E-state index contributed by atoms with van der Waals surface area (Å²) < 4.78 is 11.0. The fourth-order valence-electron chi connectivity index (χ4n) is 2.32. The molecule has 0 unspecified atom stereocenters. The molecule has 0 radical (unpaired) electrons. The maximum absolute atomic E-state index is 12.3. The number of benzene rings is 1. The van der Waals surface area contributed by atoms with Crippen LogP contribution in [0.3, 0.4) is 0 Å². The Morgan fingerprint density at radius 1 is 1.23 bits per heavy atom. The molecule has 0 aliphatic carbocycles. The van der Waals surface area contributed by atoms with Crippen LogP contribution in [0.25, 0.3) is 0 Å². The molecule has 0 spiro atoms. The Bertz CT molecular complexity index is 661. The Balaban J connectivity index is 0.00000312. The lowest BCUT2D eigenvalue weighted by Crippen LogP contribution is -2.28. The van der Waals surface area contributed by atoms with Gasteiger partial charge in [0.25, 0.3) is 5.91 Å². The van der Waals surface area contributed by atoms with Gasteiger partial charge >= 0.3 is 0 Å². The highest BCUT2D eigenvalue weighted by Gasteiger charge is 2.12. The standard InChI is InChI=1S/C18H25N3O3.2ClH/c1-3-21(4-2)9-10-23-17-8-6-5-7-16(17)20-18(22)14-11-15(12-19)24-13-14;;/h5-8,11,13H,3-4,9-10,12,19H2,1-2H3,(H,20,22);2*1H. The summed E-state index contributed by atoms with van der Waals surface area (Å²) in [5.41, 5.74) is 6.57. The van der Waals surface area contributed by atoms with Crippen LogP contribution in [0.1, 0.15) is 30.0 Å². The van der Waals surface area contributed by atoms with E-state index in [0.717, 1.165) is 19.6 Å². The van der Waals surface area contributed by atoms with Gasteiger partial charge in [0.1, 0.15) is 24.4 Å². The van der Waals surface area contributed by atoms with Gasteiger partial charge in [0.2, 0.25) is 0 Å². The largest absolute Gasteiger partial charge is 0.490 e. The number of furan rings is 1. The first-order valence-corrected chi connectivity index (χ1v) is 8.20. The molecule has 0 atom stereocenters. The van der Waals surface area contributed by atoms with Crippen molar-refractivity contribution in [3.05, 3.63) is 47.9 Å². The summed E-state index contributed by atoms with van der Waals surface area (Å²) in [5, 5.41) is 2.85. The number of ether oxygens (including phenoxy) is 1. The highest BCUT2D eigenvalue weighted by molar-refractivity contribution is 6.04. The minimum absolute atomic E-state index is 0. The van der Waals surface area contributed by atoms with Crippen molar-refractivity contribution in [1.82, 2.24) is 4.90 Å². The number of nitrogens with two attached hydrogens (primary N) is 1. The van der Waals surface area contributed by atoms with Crippen molar-refractivity contribution in [2.45, 2.75) is 20.4 Å². The first-order chi connectivity index (χ1) is 11.7. The first kappa shape index (κ1) is 24.3. The zero-order valence-electron chi connectivity index (χ0n) is 15.1. The topological polar surface area (TPSA) is 80.7 Å². The molecular weight excluding hydrogens is 377 g/mol. The number of carbonyl (C=O) groups is 1. The third kappa shape index (κ3) is 6.88. The second kappa shape index (κ2) is 12.6. The van der Waals surface area contributed by atoms with E-state index in [1.54, 1.807) is 6.07 Å². The Morgan fingerprint density at radius 2 is 1.92 bits per heavy atom. The molecule has 146 valence electrons. The molecule has 2 aromatic rings. The van der Waals surface area contributed by atoms with Crippen molar-refractivity contribution in [1.29, 1.82) is 0 Å². The normalized spacial score (nSPS) is 10.0. The predicted molar refractivity (Wildman–Crippen MR) is 109 cm³/mol. The van der Waals surface area contributed by atoms with Gasteiger partial charge in [-0.3, -0.25) is 4.79 Å². The van der Waals surface area contributed by atoms with Gasteiger partial charge in [0, 0.05) is 6.54 Å². The molecule has 0 fully saturated rings. The van der Waals surface area contributed by atoms with Crippen LogP contribution in [-0.2, 0) is 6.54 Å².